The highest BCUT2D eigenvalue weighted by Crippen LogP contribution is 2.44. The minimum absolute atomic E-state index is 0.189. The first-order valence-corrected chi connectivity index (χ1v) is 8.20. The number of ether oxygens (including phenoxy) is 1. The van der Waals surface area contributed by atoms with E-state index in [1.54, 1.807) is 7.11 Å². The Balaban J connectivity index is 2.10. The summed E-state index contributed by atoms with van der Waals surface area (Å²) in [6.45, 7) is 7.81. The lowest BCUT2D eigenvalue weighted by molar-refractivity contribution is 0.118. The zero-order valence-corrected chi connectivity index (χ0v) is 14.6. The van der Waals surface area contributed by atoms with Crippen LogP contribution in [-0.4, -0.2) is 19.2 Å². The van der Waals surface area contributed by atoms with Crippen LogP contribution in [-0.2, 0) is 6.42 Å². The van der Waals surface area contributed by atoms with Crippen LogP contribution in [0.25, 0.3) is 0 Å². The van der Waals surface area contributed by atoms with E-state index in [1.165, 1.54) is 29.3 Å². The predicted molar refractivity (Wildman–Crippen MR) is 88.4 cm³/mol. The van der Waals surface area contributed by atoms with Crippen molar-refractivity contribution in [3.8, 4) is 5.75 Å². The van der Waals surface area contributed by atoms with Crippen LogP contribution in [0.3, 0.4) is 0 Å². The fraction of sp³-hybridized carbons (Fsp3) is 0.647. The van der Waals surface area contributed by atoms with E-state index in [0.717, 1.165) is 18.7 Å². The summed E-state index contributed by atoms with van der Waals surface area (Å²) in [5.41, 5.74) is 1.97. The summed E-state index contributed by atoms with van der Waals surface area (Å²) in [7, 11) is 1.73. The van der Waals surface area contributed by atoms with E-state index >= 15 is 0 Å². The minimum atomic E-state index is 0.189. The van der Waals surface area contributed by atoms with E-state index in [-0.39, 0.29) is 5.54 Å². The Bertz CT molecular complexity index is 461. The first-order chi connectivity index (χ1) is 9.34. The van der Waals surface area contributed by atoms with Crippen molar-refractivity contribution >= 4 is 15.9 Å². The van der Waals surface area contributed by atoms with Crippen molar-refractivity contribution in [1.82, 2.24) is 5.32 Å². The van der Waals surface area contributed by atoms with Crippen molar-refractivity contribution < 1.29 is 4.74 Å². The maximum atomic E-state index is 5.35. The molecule has 0 saturated heterocycles. The number of halogens is 1. The number of nitrogens with one attached hydrogen (secondary N) is 1. The van der Waals surface area contributed by atoms with Crippen molar-refractivity contribution in [2.24, 2.45) is 5.41 Å². The third-order valence-electron chi connectivity index (χ3n) is 4.23. The van der Waals surface area contributed by atoms with E-state index in [2.05, 4.69) is 54.2 Å². The van der Waals surface area contributed by atoms with Gasteiger partial charge in [-0.2, -0.15) is 0 Å². The molecule has 2 rings (SSSR count). The second kappa shape index (κ2) is 6.07. The Kier molecular flexibility index (Phi) is 4.80. The van der Waals surface area contributed by atoms with Gasteiger partial charge in [0.15, 0.2) is 0 Å². The van der Waals surface area contributed by atoms with Crippen LogP contribution in [0, 0.1) is 5.41 Å². The smallest absolute Gasteiger partial charge is 0.119 e. The Morgan fingerprint density at radius 3 is 2.50 bits per heavy atom. The highest BCUT2D eigenvalue weighted by molar-refractivity contribution is 9.10. The van der Waals surface area contributed by atoms with Gasteiger partial charge in [0.1, 0.15) is 5.75 Å². The quantitative estimate of drug-likeness (QED) is 0.848. The van der Waals surface area contributed by atoms with Crippen LogP contribution in [0.4, 0.5) is 0 Å². The molecule has 0 aliphatic heterocycles. The summed E-state index contributed by atoms with van der Waals surface area (Å²) in [5.74, 6) is 0.946. The van der Waals surface area contributed by atoms with Gasteiger partial charge in [-0.25, -0.2) is 0 Å². The zero-order chi connectivity index (χ0) is 14.8. The molecule has 1 aromatic rings. The molecular weight excluding hydrogens is 314 g/mol. The van der Waals surface area contributed by atoms with E-state index in [1.807, 2.05) is 6.07 Å². The molecule has 0 amide bonds. The topological polar surface area (TPSA) is 21.3 Å². The summed E-state index contributed by atoms with van der Waals surface area (Å²) in [4.78, 5) is 0. The average Bonchev–Trinajstić information content (AvgIpc) is 2.33. The molecule has 0 atom stereocenters. The second-order valence-electron chi connectivity index (χ2n) is 7.09. The third-order valence-corrected chi connectivity index (χ3v) is 5.00. The largest absolute Gasteiger partial charge is 0.497 e. The van der Waals surface area contributed by atoms with Crippen molar-refractivity contribution in [2.75, 3.05) is 13.7 Å². The fourth-order valence-corrected chi connectivity index (χ4v) is 3.15. The molecule has 0 radical (unpaired) electrons. The Labute approximate surface area is 131 Å². The maximum absolute atomic E-state index is 5.35. The normalized spacial score (nSPS) is 17.6. The molecule has 1 N–H and O–H groups in total. The summed E-state index contributed by atoms with van der Waals surface area (Å²) in [6, 6.07) is 6.27. The lowest BCUT2D eigenvalue weighted by Gasteiger charge is -2.44. The molecular formula is C17H26BrNO. The van der Waals surface area contributed by atoms with Gasteiger partial charge in [-0.05, 0) is 69.2 Å². The van der Waals surface area contributed by atoms with Gasteiger partial charge < -0.3 is 10.1 Å². The van der Waals surface area contributed by atoms with Crippen LogP contribution < -0.4 is 10.1 Å². The molecule has 0 heterocycles. The first-order valence-electron chi connectivity index (χ1n) is 7.41. The van der Waals surface area contributed by atoms with Crippen LogP contribution in [0.15, 0.2) is 22.7 Å². The van der Waals surface area contributed by atoms with Crippen molar-refractivity contribution in [2.45, 2.75) is 52.0 Å². The summed E-state index contributed by atoms with van der Waals surface area (Å²) < 4.78 is 6.55. The summed E-state index contributed by atoms with van der Waals surface area (Å²) in [5, 5.41) is 3.69. The second-order valence-corrected chi connectivity index (χ2v) is 7.95. The van der Waals surface area contributed by atoms with Gasteiger partial charge in [-0.15, -0.1) is 0 Å². The van der Waals surface area contributed by atoms with Gasteiger partial charge in [0.05, 0.1) is 7.11 Å². The molecule has 2 nitrogen and oxygen atoms in total. The predicted octanol–water partition coefficient (Wildman–Crippen LogP) is 4.56. The lowest BCUT2D eigenvalue weighted by atomic mass is 9.65. The molecule has 0 spiro atoms. The molecule has 1 aromatic carbocycles. The highest BCUT2D eigenvalue weighted by atomic mass is 79.9. The molecule has 0 aromatic heterocycles. The monoisotopic (exact) mass is 339 g/mol. The number of hydrogen-bond acceptors (Lipinski definition) is 2. The fourth-order valence-electron chi connectivity index (χ4n) is 2.76. The molecule has 1 aliphatic rings. The molecule has 0 unspecified atom stereocenters. The highest BCUT2D eigenvalue weighted by Gasteiger charge is 2.38. The number of methoxy groups -OCH3 is 1. The van der Waals surface area contributed by atoms with Gasteiger partial charge >= 0.3 is 0 Å². The number of hydrogen-bond donors (Lipinski definition) is 1. The van der Waals surface area contributed by atoms with Crippen LogP contribution in [0.5, 0.6) is 5.75 Å². The maximum Gasteiger partial charge on any atom is 0.119 e. The van der Waals surface area contributed by atoms with Gasteiger partial charge in [-0.1, -0.05) is 22.4 Å². The standard InChI is InChI=1S/C17H26BrNO/c1-16(2,3)19-12-17(8-5-9-17)11-13-10-14(20-4)6-7-15(13)18/h6-7,10,19H,5,8-9,11-12H2,1-4H3. The minimum Gasteiger partial charge on any atom is -0.497 e. The van der Waals surface area contributed by atoms with Gasteiger partial charge in [0.2, 0.25) is 0 Å². The van der Waals surface area contributed by atoms with Crippen molar-refractivity contribution in [3.05, 3.63) is 28.2 Å². The Morgan fingerprint density at radius 2 is 2.00 bits per heavy atom. The van der Waals surface area contributed by atoms with E-state index < -0.39 is 0 Å². The van der Waals surface area contributed by atoms with Crippen molar-refractivity contribution in [1.29, 1.82) is 0 Å². The SMILES string of the molecule is COc1ccc(Br)c(CC2(CNC(C)(C)C)CCC2)c1. The van der Waals surface area contributed by atoms with E-state index in [9.17, 15) is 0 Å². The lowest BCUT2D eigenvalue weighted by Crippen LogP contribution is -2.48. The molecule has 1 aliphatic carbocycles. The van der Waals surface area contributed by atoms with E-state index in [4.69, 9.17) is 4.74 Å². The molecule has 0 bridgehead atoms. The van der Waals surface area contributed by atoms with Gasteiger partial charge in [-0.3, -0.25) is 0 Å². The molecule has 1 fully saturated rings. The van der Waals surface area contributed by atoms with Crippen LogP contribution >= 0.6 is 15.9 Å². The number of rotatable bonds is 5. The summed E-state index contributed by atoms with van der Waals surface area (Å²) in [6.07, 6.45) is 5.11. The zero-order valence-electron chi connectivity index (χ0n) is 13.1. The molecule has 20 heavy (non-hydrogen) atoms. The summed E-state index contributed by atoms with van der Waals surface area (Å²) >= 11 is 3.68. The molecule has 1 saturated carbocycles. The Morgan fingerprint density at radius 1 is 1.30 bits per heavy atom. The van der Waals surface area contributed by atoms with Crippen LogP contribution in [0.2, 0.25) is 0 Å². The molecule has 112 valence electrons. The first kappa shape index (κ1) is 15.8. The average molecular weight is 340 g/mol. The number of benzene rings is 1. The van der Waals surface area contributed by atoms with Crippen LogP contribution in [0.1, 0.15) is 45.6 Å². The Hall–Kier alpha value is -0.540. The van der Waals surface area contributed by atoms with Gasteiger partial charge in [0, 0.05) is 16.6 Å². The van der Waals surface area contributed by atoms with Crippen molar-refractivity contribution in [3.63, 3.8) is 0 Å². The van der Waals surface area contributed by atoms with E-state index in [0.29, 0.717) is 5.41 Å². The third kappa shape index (κ3) is 3.98. The van der Waals surface area contributed by atoms with Gasteiger partial charge in [0.25, 0.3) is 0 Å². The molecule has 3 heteroatoms.